The molecular formula is C28H37N5O2. The number of rotatable bonds is 5. The predicted molar refractivity (Wildman–Crippen MR) is 142 cm³/mol. The Morgan fingerprint density at radius 2 is 1.54 bits per heavy atom. The van der Waals surface area contributed by atoms with E-state index in [-0.39, 0.29) is 23.9 Å². The summed E-state index contributed by atoms with van der Waals surface area (Å²) < 4.78 is 0. The van der Waals surface area contributed by atoms with Gasteiger partial charge in [-0.2, -0.15) is 0 Å². The van der Waals surface area contributed by atoms with Gasteiger partial charge in [0.15, 0.2) is 0 Å². The maximum absolute atomic E-state index is 12.9. The van der Waals surface area contributed by atoms with Crippen molar-refractivity contribution in [2.24, 2.45) is 0 Å². The largest absolute Gasteiger partial charge is 0.355 e. The normalized spacial score (nSPS) is 21.8. The zero-order valence-electron chi connectivity index (χ0n) is 21.1. The van der Waals surface area contributed by atoms with Crippen molar-refractivity contribution in [1.82, 2.24) is 10.2 Å². The highest BCUT2D eigenvalue weighted by Gasteiger charge is 2.38. The quantitative estimate of drug-likeness (QED) is 0.672. The number of anilines is 4. The summed E-state index contributed by atoms with van der Waals surface area (Å²) in [7, 11) is 3.99. The molecule has 0 aromatic heterocycles. The molecule has 2 heterocycles. The molecular weight excluding hydrogens is 438 g/mol. The van der Waals surface area contributed by atoms with Gasteiger partial charge in [-0.05, 0) is 95.2 Å². The number of amides is 2. The molecule has 186 valence electrons. The highest BCUT2D eigenvalue weighted by atomic mass is 16.2. The molecule has 0 bridgehead atoms. The van der Waals surface area contributed by atoms with Gasteiger partial charge in [-0.25, -0.2) is 0 Å². The Labute approximate surface area is 208 Å². The average molecular weight is 476 g/mol. The Balaban J connectivity index is 1.30. The summed E-state index contributed by atoms with van der Waals surface area (Å²) in [5, 5.41) is 6.67. The van der Waals surface area contributed by atoms with E-state index >= 15 is 0 Å². The van der Waals surface area contributed by atoms with E-state index < -0.39 is 0 Å². The fourth-order valence-electron chi connectivity index (χ4n) is 5.81. The minimum Gasteiger partial charge on any atom is -0.355 e. The Morgan fingerprint density at radius 1 is 0.886 bits per heavy atom. The van der Waals surface area contributed by atoms with Crippen molar-refractivity contribution >= 4 is 34.6 Å². The molecule has 0 radical (unpaired) electrons. The van der Waals surface area contributed by atoms with Crippen molar-refractivity contribution < 1.29 is 9.59 Å². The second-order valence-corrected chi connectivity index (χ2v) is 10.4. The minimum atomic E-state index is -0.159. The van der Waals surface area contributed by atoms with Crippen molar-refractivity contribution in [3.8, 4) is 0 Å². The highest BCUT2D eigenvalue weighted by molar-refractivity contribution is 6.05. The fourth-order valence-corrected chi connectivity index (χ4v) is 5.81. The first kappa shape index (κ1) is 23.7. The smallest absolute Gasteiger partial charge is 0.251 e. The highest BCUT2D eigenvalue weighted by Crippen LogP contribution is 2.42. The SMILES string of the molecule is C[C@@H]1C(=O)N(C)c2ccc(Nc3ccc(C(=O)NC4CCN(C)CC4)cc3)cc2N1C1CCCC1. The first-order chi connectivity index (χ1) is 16.9. The molecule has 2 aromatic rings. The molecule has 7 heteroatoms. The van der Waals surface area contributed by atoms with Crippen LogP contribution in [0.3, 0.4) is 0 Å². The Bertz CT molecular complexity index is 1070. The minimum absolute atomic E-state index is 0.00576. The van der Waals surface area contributed by atoms with Gasteiger partial charge in [0.05, 0.1) is 11.4 Å². The monoisotopic (exact) mass is 475 g/mol. The maximum Gasteiger partial charge on any atom is 0.251 e. The van der Waals surface area contributed by atoms with Crippen molar-refractivity contribution in [2.75, 3.05) is 42.3 Å². The number of likely N-dealkylation sites (N-methyl/N-ethyl adjacent to an activating group) is 1. The third-order valence-electron chi connectivity index (χ3n) is 7.93. The van der Waals surface area contributed by atoms with Crippen LogP contribution in [0, 0.1) is 0 Å². The van der Waals surface area contributed by atoms with Crippen LogP contribution < -0.4 is 20.4 Å². The lowest BCUT2D eigenvalue weighted by Crippen LogP contribution is -2.54. The van der Waals surface area contributed by atoms with Gasteiger partial charge in [0, 0.05) is 36.1 Å². The zero-order valence-corrected chi connectivity index (χ0v) is 21.1. The fraction of sp³-hybridized carbons (Fsp3) is 0.500. The van der Waals surface area contributed by atoms with E-state index in [2.05, 4.69) is 33.5 Å². The molecule has 1 atom stereocenters. The number of piperidine rings is 1. The van der Waals surface area contributed by atoms with Crippen molar-refractivity contribution in [3.63, 3.8) is 0 Å². The lowest BCUT2D eigenvalue weighted by Gasteiger charge is -2.43. The number of nitrogens with one attached hydrogen (secondary N) is 2. The van der Waals surface area contributed by atoms with Gasteiger partial charge in [0.2, 0.25) is 5.91 Å². The van der Waals surface area contributed by atoms with Crippen LogP contribution in [0.15, 0.2) is 42.5 Å². The van der Waals surface area contributed by atoms with Gasteiger partial charge in [0.1, 0.15) is 6.04 Å². The molecule has 2 fully saturated rings. The number of hydrogen-bond acceptors (Lipinski definition) is 5. The molecule has 3 aliphatic rings. The van der Waals surface area contributed by atoms with E-state index in [9.17, 15) is 9.59 Å². The molecule has 7 nitrogen and oxygen atoms in total. The van der Waals surface area contributed by atoms with Crippen molar-refractivity contribution in [1.29, 1.82) is 0 Å². The second kappa shape index (κ2) is 9.90. The van der Waals surface area contributed by atoms with Crippen LogP contribution in [-0.2, 0) is 4.79 Å². The summed E-state index contributed by atoms with van der Waals surface area (Å²) in [5.41, 5.74) is 4.67. The average Bonchev–Trinajstić information content (AvgIpc) is 3.39. The number of fused-ring (bicyclic) bond motifs is 1. The van der Waals surface area contributed by atoms with Gasteiger partial charge in [0.25, 0.3) is 5.91 Å². The predicted octanol–water partition coefficient (Wildman–Crippen LogP) is 4.37. The Kier molecular flexibility index (Phi) is 6.69. The summed E-state index contributed by atoms with van der Waals surface area (Å²) in [5.74, 6) is 0.146. The number of hydrogen-bond donors (Lipinski definition) is 2. The lowest BCUT2D eigenvalue weighted by molar-refractivity contribution is -0.119. The molecule has 2 aliphatic heterocycles. The second-order valence-electron chi connectivity index (χ2n) is 10.4. The van der Waals surface area contributed by atoms with Crippen LogP contribution in [0.1, 0.15) is 55.8 Å². The molecule has 5 rings (SSSR count). The first-order valence-corrected chi connectivity index (χ1v) is 13.0. The third kappa shape index (κ3) is 4.87. The summed E-state index contributed by atoms with van der Waals surface area (Å²) in [4.78, 5) is 32.0. The molecule has 0 unspecified atom stereocenters. The van der Waals surface area contributed by atoms with Crippen LogP contribution in [0.2, 0.25) is 0 Å². The molecule has 1 saturated carbocycles. The zero-order chi connectivity index (χ0) is 24.5. The third-order valence-corrected chi connectivity index (χ3v) is 7.93. The van der Waals surface area contributed by atoms with Gasteiger partial charge >= 0.3 is 0 Å². The van der Waals surface area contributed by atoms with E-state index in [1.807, 2.05) is 50.4 Å². The van der Waals surface area contributed by atoms with E-state index in [1.165, 1.54) is 12.8 Å². The van der Waals surface area contributed by atoms with Crippen LogP contribution in [-0.4, -0.2) is 62.0 Å². The molecule has 1 aliphatic carbocycles. The lowest BCUT2D eigenvalue weighted by atomic mass is 10.0. The van der Waals surface area contributed by atoms with Gasteiger partial charge in [-0.3, -0.25) is 9.59 Å². The number of likely N-dealkylation sites (tertiary alicyclic amines) is 1. The van der Waals surface area contributed by atoms with Crippen molar-refractivity contribution in [3.05, 3.63) is 48.0 Å². The van der Waals surface area contributed by atoms with E-state index in [0.717, 1.165) is 61.5 Å². The topological polar surface area (TPSA) is 67.9 Å². The number of carbonyl (C=O) groups is 2. The summed E-state index contributed by atoms with van der Waals surface area (Å²) in [6, 6.07) is 14.4. The molecule has 0 spiro atoms. The van der Waals surface area contributed by atoms with Gasteiger partial charge in [-0.1, -0.05) is 12.8 Å². The van der Waals surface area contributed by atoms with Gasteiger partial charge in [-0.15, -0.1) is 0 Å². The van der Waals surface area contributed by atoms with Crippen molar-refractivity contribution in [2.45, 2.75) is 63.6 Å². The number of nitrogens with zero attached hydrogens (tertiary/aromatic N) is 3. The molecule has 2 N–H and O–H groups in total. The summed E-state index contributed by atoms with van der Waals surface area (Å²) >= 11 is 0. The van der Waals surface area contributed by atoms with Gasteiger partial charge < -0.3 is 25.3 Å². The molecule has 2 aromatic carbocycles. The molecule has 35 heavy (non-hydrogen) atoms. The Morgan fingerprint density at radius 3 is 2.23 bits per heavy atom. The summed E-state index contributed by atoms with van der Waals surface area (Å²) in [6.45, 7) is 4.07. The number of benzene rings is 2. The Hall–Kier alpha value is -3.06. The maximum atomic E-state index is 12.9. The number of carbonyl (C=O) groups excluding carboxylic acids is 2. The summed E-state index contributed by atoms with van der Waals surface area (Å²) in [6.07, 6.45) is 6.72. The van der Waals surface area contributed by atoms with E-state index in [1.54, 1.807) is 4.90 Å². The standard InChI is InChI=1S/C28H37N5O2/c1-19-28(35)32(3)25-13-12-23(18-26(25)33(19)24-6-4-5-7-24)29-21-10-8-20(9-11-21)27(34)30-22-14-16-31(2)17-15-22/h8-13,18-19,22,24,29H,4-7,14-17H2,1-3H3,(H,30,34)/t19-/m1/s1. The van der Waals surface area contributed by atoms with Crippen LogP contribution in [0.5, 0.6) is 0 Å². The van der Waals surface area contributed by atoms with E-state index in [4.69, 9.17) is 0 Å². The first-order valence-electron chi connectivity index (χ1n) is 13.0. The molecule has 1 saturated heterocycles. The molecule has 2 amide bonds. The van der Waals surface area contributed by atoms with Crippen LogP contribution in [0.25, 0.3) is 0 Å². The van der Waals surface area contributed by atoms with E-state index in [0.29, 0.717) is 11.6 Å². The van der Waals surface area contributed by atoms with Crippen LogP contribution in [0.4, 0.5) is 22.7 Å². The van der Waals surface area contributed by atoms with Crippen LogP contribution >= 0.6 is 0 Å².